The van der Waals surface area contributed by atoms with Crippen molar-refractivity contribution < 1.29 is 0 Å². The van der Waals surface area contributed by atoms with Crippen molar-refractivity contribution in [3.05, 3.63) is 17.7 Å². The van der Waals surface area contributed by atoms with Crippen molar-refractivity contribution in [2.24, 2.45) is 5.73 Å². The van der Waals surface area contributed by atoms with Crippen LogP contribution >= 0.6 is 0 Å². The number of nitriles is 1. The van der Waals surface area contributed by atoms with E-state index in [0.717, 1.165) is 18.1 Å². The lowest BCUT2D eigenvalue weighted by molar-refractivity contribution is 0.642. The maximum absolute atomic E-state index is 8.77. The van der Waals surface area contributed by atoms with Crippen LogP contribution in [0.5, 0.6) is 0 Å². The first-order valence-corrected chi connectivity index (χ1v) is 4.32. The van der Waals surface area contributed by atoms with Crippen molar-refractivity contribution in [2.75, 3.05) is 6.54 Å². The second-order valence-electron chi connectivity index (χ2n) is 3.02. The van der Waals surface area contributed by atoms with E-state index in [4.69, 9.17) is 11.0 Å². The van der Waals surface area contributed by atoms with E-state index in [9.17, 15) is 0 Å². The first kappa shape index (κ1) is 9.75. The van der Waals surface area contributed by atoms with E-state index in [2.05, 4.69) is 11.1 Å². The van der Waals surface area contributed by atoms with Crippen molar-refractivity contribution in [1.29, 1.82) is 5.26 Å². The van der Waals surface area contributed by atoms with Crippen LogP contribution in [-0.2, 0) is 6.54 Å². The van der Waals surface area contributed by atoms with E-state index < -0.39 is 0 Å². The zero-order valence-corrected chi connectivity index (χ0v) is 7.99. The van der Waals surface area contributed by atoms with E-state index in [0.29, 0.717) is 6.54 Å². The number of imidazole rings is 1. The van der Waals surface area contributed by atoms with Gasteiger partial charge in [0.25, 0.3) is 0 Å². The molecule has 0 aromatic carbocycles. The zero-order chi connectivity index (χ0) is 9.84. The summed E-state index contributed by atoms with van der Waals surface area (Å²) in [5.41, 5.74) is 6.42. The maximum Gasteiger partial charge on any atom is 0.105 e. The van der Waals surface area contributed by atoms with Crippen LogP contribution in [0.1, 0.15) is 24.4 Å². The van der Waals surface area contributed by atoms with Crippen LogP contribution in [0.2, 0.25) is 0 Å². The van der Waals surface area contributed by atoms with Crippen LogP contribution in [0.25, 0.3) is 0 Å². The van der Waals surface area contributed by atoms with Crippen molar-refractivity contribution in [3.63, 3.8) is 0 Å². The van der Waals surface area contributed by atoms with Gasteiger partial charge in [-0.1, -0.05) is 0 Å². The van der Waals surface area contributed by atoms with E-state index in [1.807, 2.05) is 18.4 Å². The lowest BCUT2D eigenvalue weighted by Crippen LogP contribution is -2.14. The molecule has 0 saturated carbocycles. The molecule has 0 radical (unpaired) electrons. The zero-order valence-electron chi connectivity index (χ0n) is 7.99. The van der Waals surface area contributed by atoms with E-state index >= 15 is 0 Å². The maximum atomic E-state index is 8.77. The number of nitrogens with two attached hydrogens (primary N) is 1. The molecule has 0 bridgehead atoms. The summed E-state index contributed by atoms with van der Waals surface area (Å²) in [4.78, 5) is 4.16. The summed E-state index contributed by atoms with van der Waals surface area (Å²) >= 11 is 0. The molecule has 0 aliphatic rings. The second kappa shape index (κ2) is 4.06. The van der Waals surface area contributed by atoms with Crippen LogP contribution < -0.4 is 5.73 Å². The van der Waals surface area contributed by atoms with Gasteiger partial charge < -0.3 is 10.3 Å². The minimum Gasteiger partial charge on any atom is -0.330 e. The molecular weight excluding hydrogens is 164 g/mol. The van der Waals surface area contributed by atoms with E-state index in [-0.39, 0.29) is 5.92 Å². The standard InChI is InChI=1S/C9H14N4/c1-7(5-11)9-6-12-8(2)13(9)4-3-10/h6-7H,3-4,10H2,1-2H3. The summed E-state index contributed by atoms with van der Waals surface area (Å²) in [7, 11) is 0. The number of rotatable bonds is 3. The highest BCUT2D eigenvalue weighted by Crippen LogP contribution is 2.15. The molecule has 1 rings (SSSR count). The topological polar surface area (TPSA) is 67.6 Å². The monoisotopic (exact) mass is 178 g/mol. The van der Waals surface area contributed by atoms with Gasteiger partial charge in [0.1, 0.15) is 5.82 Å². The number of aromatic nitrogens is 2. The van der Waals surface area contributed by atoms with E-state index in [1.165, 1.54) is 0 Å². The molecule has 0 spiro atoms. The van der Waals surface area contributed by atoms with Gasteiger partial charge in [-0.3, -0.25) is 0 Å². The Morgan fingerprint density at radius 2 is 2.46 bits per heavy atom. The first-order valence-electron chi connectivity index (χ1n) is 4.32. The van der Waals surface area contributed by atoms with Gasteiger partial charge in [-0.25, -0.2) is 4.98 Å². The normalized spacial score (nSPS) is 12.5. The van der Waals surface area contributed by atoms with Crippen LogP contribution in [0.3, 0.4) is 0 Å². The largest absolute Gasteiger partial charge is 0.330 e. The van der Waals surface area contributed by atoms with Gasteiger partial charge in [-0.2, -0.15) is 5.26 Å². The molecule has 0 saturated heterocycles. The Hall–Kier alpha value is -1.34. The van der Waals surface area contributed by atoms with Crippen LogP contribution in [-0.4, -0.2) is 16.1 Å². The van der Waals surface area contributed by atoms with Crippen LogP contribution in [0, 0.1) is 18.3 Å². The summed E-state index contributed by atoms with van der Waals surface area (Å²) in [5.74, 6) is 0.801. The quantitative estimate of drug-likeness (QED) is 0.743. The van der Waals surface area contributed by atoms with Crippen LogP contribution in [0.15, 0.2) is 6.20 Å². The van der Waals surface area contributed by atoms with Gasteiger partial charge in [-0.15, -0.1) is 0 Å². The van der Waals surface area contributed by atoms with Gasteiger partial charge in [-0.05, 0) is 13.8 Å². The number of aryl methyl sites for hydroxylation is 1. The average Bonchev–Trinajstić information content (AvgIpc) is 2.48. The molecule has 1 atom stereocenters. The molecule has 1 heterocycles. The fourth-order valence-corrected chi connectivity index (χ4v) is 1.32. The number of nitrogens with zero attached hydrogens (tertiary/aromatic N) is 3. The third-order valence-electron chi connectivity index (χ3n) is 2.08. The molecule has 1 unspecified atom stereocenters. The van der Waals surface area contributed by atoms with Crippen molar-refractivity contribution in [1.82, 2.24) is 9.55 Å². The van der Waals surface area contributed by atoms with Gasteiger partial charge >= 0.3 is 0 Å². The molecule has 0 fully saturated rings. The third-order valence-corrected chi connectivity index (χ3v) is 2.08. The highest BCUT2D eigenvalue weighted by Gasteiger charge is 2.11. The Labute approximate surface area is 78.0 Å². The number of hydrogen-bond donors (Lipinski definition) is 1. The average molecular weight is 178 g/mol. The summed E-state index contributed by atoms with van der Waals surface area (Å²) in [6, 6.07) is 2.19. The molecule has 13 heavy (non-hydrogen) atoms. The van der Waals surface area contributed by atoms with Crippen molar-refractivity contribution >= 4 is 0 Å². The Balaban J connectivity index is 3.01. The third kappa shape index (κ3) is 1.87. The molecule has 4 heteroatoms. The lowest BCUT2D eigenvalue weighted by Gasteiger charge is -2.09. The SMILES string of the molecule is Cc1ncc(C(C)C#N)n1CCN. The molecule has 4 nitrogen and oxygen atoms in total. The summed E-state index contributed by atoms with van der Waals surface area (Å²) in [6.45, 7) is 5.09. The highest BCUT2D eigenvalue weighted by molar-refractivity contribution is 5.16. The minimum atomic E-state index is -0.118. The summed E-state index contributed by atoms with van der Waals surface area (Å²) in [6.07, 6.45) is 1.75. The second-order valence-corrected chi connectivity index (χ2v) is 3.02. The molecule has 2 N–H and O–H groups in total. The first-order chi connectivity index (χ1) is 6.20. The molecular formula is C9H14N4. The highest BCUT2D eigenvalue weighted by atomic mass is 15.1. The summed E-state index contributed by atoms with van der Waals surface area (Å²) < 4.78 is 1.99. The lowest BCUT2D eigenvalue weighted by atomic mass is 10.1. The van der Waals surface area contributed by atoms with E-state index in [1.54, 1.807) is 6.20 Å². The van der Waals surface area contributed by atoms with Crippen LogP contribution in [0.4, 0.5) is 0 Å². The predicted octanol–water partition coefficient (Wildman–Crippen LogP) is 0.777. The molecule has 1 aromatic rings. The summed E-state index contributed by atoms with van der Waals surface area (Å²) in [5, 5.41) is 8.77. The molecule has 0 aliphatic heterocycles. The minimum absolute atomic E-state index is 0.118. The molecule has 70 valence electrons. The Morgan fingerprint density at radius 3 is 3.00 bits per heavy atom. The fraction of sp³-hybridized carbons (Fsp3) is 0.556. The Bertz CT molecular complexity index is 321. The fourth-order valence-electron chi connectivity index (χ4n) is 1.32. The molecule has 1 aromatic heterocycles. The van der Waals surface area contributed by atoms with Gasteiger partial charge in [0, 0.05) is 19.3 Å². The predicted molar refractivity (Wildman–Crippen MR) is 50.0 cm³/mol. The smallest absolute Gasteiger partial charge is 0.105 e. The van der Waals surface area contributed by atoms with Gasteiger partial charge in [0.15, 0.2) is 0 Å². The Kier molecular flexibility index (Phi) is 3.04. The number of hydrogen-bond acceptors (Lipinski definition) is 3. The molecule has 0 aliphatic carbocycles. The van der Waals surface area contributed by atoms with Crippen molar-refractivity contribution in [2.45, 2.75) is 26.3 Å². The molecule has 0 amide bonds. The van der Waals surface area contributed by atoms with Crippen molar-refractivity contribution in [3.8, 4) is 6.07 Å². The Morgan fingerprint density at radius 1 is 1.77 bits per heavy atom. The van der Waals surface area contributed by atoms with Gasteiger partial charge in [0.2, 0.25) is 0 Å². The van der Waals surface area contributed by atoms with Gasteiger partial charge in [0.05, 0.1) is 17.7 Å².